The molecule has 2 heterocycles. The van der Waals surface area contributed by atoms with Gasteiger partial charge < -0.3 is 14.5 Å². The first-order valence-electron chi connectivity index (χ1n) is 9.36. The zero-order chi connectivity index (χ0) is 20.8. The van der Waals surface area contributed by atoms with Crippen molar-refractivity contribution in [1.29, 1.82) is 0 Å². The first-order valence-corrected chi connectivity index (χ1v) is 9.36. The van der Waals surface area contributed by atoms with Gasteiger partial charge in [-0.25, -0.2) is 8.78 Å². The molecular formula is C20H22F2N4O3. The predicted octanol–water partition coefficient (Wildman–Crippen LogP) is 2.56. The van der Waals surface area contributed by atoms with Gasteiger partial charge in [-0.1, -0.05) is 6.07 Å². The van der Waals surface area contributed by atoms with Crippen LogP contribution in [0.2, 0.25) is 0 Å². The summed E-state index contributed by atoms with van der Waals surface area (Å²) in [5.74, 6) is -2.20. The van der Waals surface area contributed by atoms with Crippen LogP contribution in [-0.2, 0) is 16.1 Å². The average Bonchev–Trinajstić information content (AvgIpc) is 3.28. The maximum Gasteiger partial charge on any atom is 0.307 e. The number of anilines is 1. The normalized spacial score (nSPS) is 13.4. The average molecular weight is 404 g/mol. The summed E-state index contributed by atoms with van der Waals surface area (Å²) in [6.07, 6.45) is 2.15. The fourth-order valence-electron chi connectivity index (χ4n) is 3.16. The molecule has 0 saturated carbocycles. The Morgan fingerprint density at radius 1 is 1.10 bits per heavy atom. The predicted molar refractivity (Wildman–Crippen MR) is 101 cm³/mol. The van der Waals surface area contributed by atoms with E-state index in [1.54, 1.807) is 12.1 Å². The van der Waals surface area contributed by atoms with Crippen molar-refractivity contribution in [2.75, 3.05) is 31.6 Å². The molecule has 0 atom stereocenters. The van der Waals surface area contributed by atoms with Crippen molar-refractivity contribution in [3.8, 4) is 0 Å². The molecule has 1 amide bonds. The number of halogens is 2. The zero-order valence-electron chi connectivity index (χ0n) is 16.1. The third-order valence-electron chi connectivity index (χ3n) is 4.76. The number of carbonyl (C=O) groups excluding carboxylic acids is 2. The minimum Gasteiger partial charge on any atom is -0.469 e. The van der Waals surface area contributed by atoms with Crippen LogP contribution >= 0.6 is 0 Å². The van der Waals surface area contributed by atoms with Gasteiger partial charge in [-0.3, -0.25) is 9.59 Å². The fraction of sp³-hybridized carbons (Fsp3) is 0.400. The van der Waals surface area contributed by atoms with E-state index in [2.05, 4.69) is 19.8 Å². The first-order chi connectivity index (χ1) is 14.0. The van der Waals surface area contributed by atoms with Gasteiger partial charge in [0.2, 0.25) is 0 Å². The molecule has 0 spiro atoms. The smallest absolute Gasteiger partial charge is 0.307 e. The van der Waals surface area contributed by atoms with E-state index in [-0.39, 0.29) is 25.2 Å². The maximum absolute atomic E-state index is 13.5. The highest BCUT2D eigenvalue weighted by atomic mass is 19.2. The molecule has 154 valence electrons. The van der Waals surface area contributed by atoms with Crippen molar-refractivity contribution >= 4 is 17.7 Å². The van der Waals surface area contributed by atoms with E-state index >= 15 is 0 Å². The Hall–Kier alpha value is -3.10. The van der Waals surface area contributed by atoms with E-state index in [4.69, 9.17) is 0 Å². The Bertz CT molecular complexity index is 871. The van der Waals surface area contributed by atoms with Crippen LogP contribution in [0.1, 0.15) is 35.3 Å². The number of hydrogen-bond acceptors (Lipinski definition) is 6. The van der Waals surface area contributed by atoms with Crippen molar-refractivity contribution < 1.29 is 23.1 Å². The summed E-state index contributed by atoms with van der Waals surface area (Å²) in [5.41, 5.74) is 0.504. The molecule has 2 aromatic rings. The van der Waals surface area contributed by atoms with Crippen LogP contribution < -0.4 is 4.90 Å². The lowest BCUT2D eigenvalue weighted by atomic mass is 10.2. The highest BCUT2D eigenvalue weighted by Gasteiger charge is 2.21. The standard InChI is InChI=1S/C20H22F2N4O3/c1-29-19(27)8-11-26(13-14-4-5-15(21)16(22)12-14)20(28)17-6-7-18(24-23-17)25-9-2-3-10-25/h4-7,12H,2-3,8-11,13H2,1H3. The summed E-state index contributed by atoms with van der Waals surface area (Å²) in [4.78, 5) is 27.9. The molecular weight excluding hydrogens is 382 g/mol. The number of methoxy groups -OCH3 is 1. The quantitative estimate of drug-likeness (QED) is 0.661. The highest BCUT2D eigenvalue weighted by molar-refractivity contribution is 5.92. The van der Waals surface area contributed by atoms with E-state index in [9.17, 15) is 18.4 Å². The zero-order valence-corrected chi connectivity index (χ0v) is 16.1. The van der Waals surface area contributed by atoms with E-state index < -0.39 is 23.5 Å². The van der Waals surface area contributed by atoms with Gasteiger partial charge in [0, 0.05) is 26.2 Å². The summed E-state index contributed by atoms with van der Waals surface area (Å²) in [5, 5.41) is 8.17. The van der Waals surface area contributed by atoms with Crippen LogP contribution in [0.5, 0.6) is 0 Å². The van der Waals surface area contributed by atoms with Crippen molar-refractivity contribution in [3.05, 3.63) is 53.2 Å². The van der Waals surface area contributed by atoms with E-state index in [1.165, 1.54) is 18.1 Å². The van der Waals surface area contributed by atoms with Crippen LogP contribution in [0.3, 0.4) is 0 Å². The minimum atomic E-state index is -1.00. The molecule has 1 aromatic heterocycles. The topological polar surface area (TPSA) is 75.6 Å². The summed E-state index contributed by atoms with van der Waals surface area (Å²) in [6.45, 7) is 1.84. The third-order valence-corrected chi connectivity index (χ3v) is 4.76. The summed E-state index contributed by atoms with van der Waals surface area (Å²) in [7, 11) is 1.26. The number of ether oxygens (including phenoxy) is 1. The van der Waals surface area contributed by atoms with Gasteiger partial charge in [-0.2, -0.15) is 0 Å². The molecule has 1 aromatic carbocycles. The summed E-state index contributed by atoms with van der Waals surface area (Å²) in [6, 6.07) is 6.73. The monoisotopic (exact) mass is 404 g/mol. The van der Waals surface area contributed by atoms with E-state index in [0.29, 0.717) is 11.4 Å². The molecule has 1 saturated heterocycles. The van der Waals surface area contributed by atoms with Crippen molar-refractivity contribution in [1.82, 2.24) is 15.1 Å². The van der Waals surface area contributed by atoms with Crippen LogP contribution in [0, 0.1) is 11.6 Å². The number of nitrogens with zero attached hydrogens (tertiary/aromatic N) is 4. The molecule has 0 unspecified atom stereocenters. The second-order valence-corrected chi connectivity index (χ2v) is 6.77. The molecule has 29 heavy (non-hydrogen) atoms. The molecule has 0 radical (unpaired) electrons. The van der Waals surface area contributed by atoms with Crippen LogP contribution in [0.15, 0.2) is 30.3 Å². The lowest BCUT2D eigenvalue weighted by Gasteiger charge is -2.22. The number of esters is 1. The molecule has 9 heteroatoms. The minimum absolute atomic E-state index is 0.0113. The van der Waals surface area contributed by atoms with E-state index in [0.717, 1.165) is 38.1 Å². The highest BCUT2D eigenvalue weighted by Crippen LogP contribution is 2.18. The number of hydrogen-bond donors (Lipinski definition) is 0. The lowest BCUT2D eigenvalue weighted by Crippen LogP contribution is -2.33. The molecule has 1 aliphatic rings. The maximum atomic E-state index is 13.5. The van der Waals surface area contributed by atoms with Gasteiger partial charge >= 0.3 is 5.97 Å². The van der Waals surface area contributed by atoms with Gasteiger partial charge in [0.25, 0.3) is 5.91 Å². The second kappa shape index (κ2) is 9.40. The number of benzene rings is 1. The lowest BCUT2D eigenvalue weighted by molar-refractivity contribution is -0.140. The van der Waals surface area contributed by atoms with Gasteiger partial charge in [-0.05, 0) is 42.7 Å². The molecule has 0 aliphatic carbocycles. The van der Waals surface area contributed by atoms with Gasteiger partial charge in [0.1, 0.15) is 0 Å². The number of carbonyl (C=O) groups is 2. The Labute approximate surface area is 167 Å². The molecule has 1 aliphatic heterocycles. The molecule has 0 bridgehead atoms. The van der Waals surface area contributed by atoms with E-state index in [1.807, 2.05) is 0 Å². The summed E-state index contributed by atoms with van der Waals surface area (Å²) < 4.78 is 31.3. The Morgan fingerprint density at radius 3 is 2.48 bits per heavy atom. The van der Waals surface area contributed by atoms with Crippen molar-refractivity contribution in [3.63, 3.8) is 0 Å². The van der Waals surface area contributed by atoms with Gasteiger partial charge in [0.15, 0.2) is 23.1 Å². The number of amides is 1. The van der Waals surface area contributed by atoms with Gasteiger partial charge in [-0.15, -0.1) is 10.2 Å². The number of aromatic nitrogens is 2. The van der Waals surface area contributed by atoms with Crippen molar-refractivity contribution in [2.24, 2.45) is 0 Å². The molecule has 1 fully saturated rings. The van der Waals surface area contributed by atoms with Crippen molar-refractivity contribution in [2.45, 2.75) is 25.8 Å². The largest absolute Gasteiger partial charge is 0.469 e. The SMILES string of the molecule is COC(=O)CCN(Cc1ccc(F)c(F)c1)C(=O)c1ccc(N2CCCC2)nn1. The summed E-state index contributed by atoms with van der Waals surface area (Å²) >= 11 is 0. The molecule has 3 rings (SSSR count). The number of rotatable bonds is 7. The third kappa shape index (κ3) is 5.24. The van der Waals surface area contributed by atoms with Crippen LogP contribution in [0.25, 0.3) is 0 Å². The van der Waals surface area contributed by atoms with Gasteiger partial charge in [0.05, 0.1) is 13.5 Å². The Morgan fingerprint density at radius 2 is 1.86 bits per heavy atom. The molecule has 0 N–H and O–H groups in total. The second-order valence-electron chi connectivity index (χ2n) is 6.77. The fourth-order valence-corrected chi connectivity index (χ4v) is 3.16. The Balaban J connectivity index is 1.76. The van der Waals surface area contributed by atoms with Crippen LogP contribution in [0.4, 0.5) is 14.6 Å². The first kappa shape index (κ1) is 20.6. The Kier molecular flexibility index (Phi) is 6.69. The molecule has 7 nitrogen and oxygen atoms in total. The van der Waals surface area contributed by atoms with Crippen LogP contribution in [-0.4, -0.2) is 53.7 Å².